The van der Waals surface area contributed by atoms with Gasteiger partial charge in [0.25, 0.3) is 0 Å². The summed E-state index contributed by atoms with van der Waals surface area (Å²) in [7, 11) is -3.90. The van der Waals surface area contributed by atoms with Crippen LogP contribution < -0.4 is 0 Å². The van der Waals surface area contributed by atoms with Crippen molar-refractivity contribution in [1.29, 1.82) is 5.26 Å². The zero-order valence-corrected chi connectivity index (χ0v) is 21.4. The number of aliphatic hydroxyl groups is 1. The van der Waals surface area contributed by atoms with Gasteiger partial charge in [-0.1, -0.05) is 34.6 Å². The predicted molar refractivity (Wildman–Crippen MR) is 127 cm³/mol. The third-order valence-electron chi connectivity index (χ3n) is 5.22. The summed E-state index contributed by atoms with van der Waals surface area (Å²) >= 11 is 0.930. The van der Waals surface area contributed by atoms with Crippen LogP contribution in [0.2, 0.25) is 0 Å². The highest BCUT2D eigenvalue weighted by Gasteiger charge is 2.31. The number of rotatable bonds is 9. The van der Waals surface area contributed by atoms with E-state index in [0.717, 1.165) is 28.0 Å². The van der Waals surface area contributed by atoms with E-state index in [1.807, 2.05) is 27.7 Å². The summed E-state index contributed by atoms with van der Waals surface area (Å²) in [5.74, 6) is -0.855. The van der Waals surface area contributed by atoms with E-state index in [1.165, 1.54) is 0 Å². The summed E-state index contributed by atoms with van der Waals surface area (Å²) in [5, 5.41) is 19.9. The quantitative estimate of drug-likeness (QED) is 0.565. The van der Waals surface area contributed by atoms with Gasteiger partial charge in [0.05, 0.1) is 17.3 Å². The van der Waals surface area contributed by atoms with Crippen LogP contribution in [0.25, 0.3) is 0 Å². The van der Waals surface area contributed by atoms with E-state index in [-0.39, 0.29) is 22.5 Å². The first kappa shape index (κ1) is 26.2. The summed E-state index contributed by atoms with van der Waals surface area (Å²) in [6.45, 7) is 12.9. The van der Waals surface area contributed by atoms with Gasteiger partial charge in [-0.2, -0.15) is 5.26 Å². The molecule has 2 aromatic rings. The summed E-state index contributed by atoms with van der Waals surface area (Å²) in [6.07, 6.45) is 0.379. The van der Waals surface area contributed by atoms with Crippen LogP contribution in [-0.2, 0) is 33.1 Å². The molecule has 32 heavy (non-hydrogen) atoms. The average molecular weight is 477 g/mol. The summed E-state index contributed by atoms with van der Waals surface area (Å²) in [4.78, 5) is 17.3. The van der Waals surface area contributed by atoms with Crippen molar-refractivity contribution in [3.05, 3.63) is 45.1 Å². The number of thiazole rings is 1. The normalized spacial score (nSPS) is 12.4. The van der Waals surface area contributed by atoms with E-state index in [4.69, 9.17) is 0 Å². The third kappa shape index (κ3) is 5.83. The summed E-state index contributed by atoms with van der Waals surface area (Å²) < 4.78 is 26.3. The lowest BCUT2D eigenvalue weighted by Gasteiger charge is -2.20. The van der Waals surface area contributed by atoms with Gasteiger partial charge in [0.1, 0.15) is 20.6 Å². The Morgan fingerprint density at radius 2 is 1.72 bits per heavy atom. The third-order valence-corrected chi connectivity index (χ3v) is 8.94. The number of sulfone groups is 1. The van der Waals surface area contributed by atoms with Crippen LogP contribution in [-0.4, -0.2) is 30.0 Å². The number of nitriles is 1. The molecule has 2 rings (SSSR count). The number of benzene rings is 1. The van der Waals surface area contributed by atoms with E-state index in [9.17, 15) is 23.6 Å². The lowest BCUT2D eigenvalue weighted by molar-refractivity contribution is -0.116. The first-order valence-electron chi connectivity index (χ1n) is 10.7. The van der Waals surface area contributed by atoms with Gasteiger partial charge in [-0.3, -0.25) is 4.79 Å². The number of aryl methyl sites for hydroxylation is 1. The molecule has 0 bridgehead atoms. The number of carbonyl (C=O) groups is 1. The van der Waals surface area contributed by atoms with E-state index in [2.05, 4.69) is 11.1 Å². The number of ketones is 1. The minimum atomic E-state index is -3.90. The number of carbonyl (C=O) groups excluding carboxylic acids is 1. The maximum absolute atomic E-state index is 13.1. The van der Waals surface area contributed by atoms with Crippen molar-refractivity contribution in [3.8, 4) is 6.07 Å². The van der Waals surface area contributed by atoms with Crippen LogP contribution in [0, 0.1) is 11.3 Å². The molecule has 0 radical (unpaired) electrons. The van der Waals surface area contributed by atoms with Crippen molar-refractivity contribution < 1.29 is 18.3 Å². The van der Waals surface area contributed by atoms with Crippen molar-refractivity contribution in [2.24, 2.45) is 0 Å². The van der Waals surface area contributed by atoms with Crippen molar-refractivity contribution in [2.45, 2.75) is 83.0 Å². The second-order valence-corrected chi connectivity index (χ2v) is 12.4. The van der Waals surface area contributed by atoms with Gasteiger partial charge >= 0.3 is 0 Å². The molecule has 174 valence electrons. The molecule has 0 fully saturated rings. The lowest BCUT2D eigenvalue weighted by atomic mass is 9.85. The number of hydrogen-bond donors (Lipinski definition) is 1. The fourth-order valence-corrected chi connectivity index (χ4v) is 6.62. The topological polar surface area (TPSA) is 108 Å². The van der Waals surface area contributed by atoms with Crippen LogP contribution in [0.5, 0.6) is 0 Å². The van der Waals surface area contributed by atoms with Crippen molar-refractivity contribution in [1.82, 2.24) is 4.98 Å². The van der Waals surface area contributed by atoms with Gasteiger partial charge in [-0.25, -0.2) is 13.4 Å². The Hall–Kier alpha value is -2.08. The Morgan fingerprint density at radius 1 is 1.19 bits per heavy atom. The van der Waals surface area contributed by atoms with Gasteiger partial charge in [0.2, 0.25) is 0 Å². The maximum atomic E-state index is 13.1. The molecular weight excluding hydrogens is 444 g/mol. The highest BCUT2D eigenvalue weighted by Crippen LogP contribution is 2.33. The monoisotopic (exact) mass is 476 g/mol. The van der Waals surface area contributed by atoms with E-state index in [0.29, 0.717) is 22.7 Å². The highest BCUT2D eigenvalue weighted by atomic mass is 32.2. The highest BCUT2D eigenvalue weighted by molar-refractivity contribution is 7.94. The fraction of sp³-hybridized carbons (Fsp3) is 0.542. The molecule has 0 saturated carbocycles. The zero-order valence-electron chi connectivity index (χ0n) is 19.8. The average Bonchev–Trinajstić information content (AvgIpc) is 3.13. The van der Waals surface area contributed by atoms with E-state index < -0.39 is 27.0 Å². The Labute approximate surface area is 195 Å². The molecule has 0 amide bonds. The molecule has 0 spiro atoms. The minimum Gasteiger partial charge on any atom is -0.383 e. The summed E-state index contributed by atoms with van der Waals surface area (Å²) in [6, 6.07) is 5.76. The molecule has 0 aliphatic carbocycles. The lowest BCUT2D eigenvalue weighted by Crippen LogP contribution is -2.20. The Kier molecular flexibility index (Phi) is 8.03. The minimum absolute atomic E-state index is 0.00935. The van der Waals surface area contributed by atoms with Crippen molar-refractivity contribution >= 4 is 27.0 Å². The molecule has 0 atom stereocenters. The predicted octanol–water partition coefficient (Wildman–Crippen LogP) is 4.64. The maximum Gasteiger partial charge on any atom is 0.196 e. The molecule has 1 aromatic heterocycles. The van der Waals surface area contributed by atoms with Crippen LogP contribution in [0.1, 0.15) is 93.3 Å². The van der Waals surface area contributed by atoms with Gasteiger partial charge in [-0.15, -0.1) is 11.3 Å². The molecule has 1 aromatic carbocycles. The fourth-order valence-electron chi connectivity index (χ4n) is 3.61. The molecule has 0 unspecified atom stereocenters. The Balaban J connectivity index is 2.43. The molecule has 6 nitrogen and oxygen atoms in total. The first-order valence-corrected chi connectivity index (χ1v) is 13.2. The van der Waals surface area contributed by atoms with Crippen LogP contribution in [0.3, 0.4) is 0 Å². The zero-order chi connectivity index (χ0) is 24.4. The molecular formula is C24H32N2O4S2. The van der Waals surface area contributed by atoms with Crippen LogP contribution in [0.4, 0.5) is 0 Å². The molecule has 1 N–H and O–H groups in total. The Bertz CT molecular complexity index is 1120. The van der Waals surface area contributed by atoms with Gasteiger partial charge in [-0.05, 0) is 60.9 Å². The van der Waals surface area contributed by atoms with Crippen LogP contribution >= 0.6 is 11.3 Å². The van der Waals surface area contributed by atoms with E-state index in [1.54, 1.807) is 32.9 Å². The van der Waals surface area contributed by atoms with Gasteiger partial charge < -0.3 is 5.11 Å². The first-order chi connectivity index (χ1) is 14.7. The van der Waals surface area contributed by atoms with E-state index >= 15 is 0 Å². The molecule has 1 heterocycles. The molecule has 0 saturated heterocycles. The molecule has 0 aliphatic heterocycles. The summed E-state index contributed by atoms with van der Waals surface area (Å²) in [5.41, 5.74) is 2.27. The molecule has 8 heteroatoms. The number of nitrogens with zero attached hydrogens (tertiary/aromatic N) is 2. The Morgan fingerprint density at radius 3 is 2.12 bits per heavy atom. The smallest absolute Gasteiger partial charge is 0.196 e. The SMILES string of the molecule is CCc1nc(C(C)(C)O)sc1S(=O)(=O)CC(=O)Cc1c(C(C)C)cc(C#N)cc1C(C)C. The second-order valence-electron chi connectivity index (χ2n) is 9.19. The standard InChI is InChI=1S/C24H32N2O4S2/c1-8-21-22(31-23(26-21)24(6,7)28)32(29,30)13-17(27)11-20-18(14(2)3)9-16(12-25)10-19(20)15(4)5/h9-10,14-15,28H,8,11,13H2,1-7H3. The second kappa shape index (κ2) is 9.82. The number of Topliss-reactive ketones (excluding diaryl/α,β-unsaturated/α-hetero) is 1. The number of hydrogen-bond acceptors (Lipinski definition) is 7. The van der Waals surface area contributed by atoms with Gasteiger partial charge in [0, 0.05) is 6.42 Å². The van der Waals surface area contributed by atoms with Crippen LogP contribution in [0.15, 0.2) is 16.3 Å². The largest absolute Gasteiger partial charge is 0.383 e. The number of aromatic nitrogens is 1. The van der Waals surface area contributed by atoms with Crippen molar-refractivity contribution in [3.63, 3.8) is 0 Å². The van der Waals surface area contributed by atoms with Crippen molar-refractivity contribution in [2.75, 3.05) is 5.75 Å². The van der Waals surface area contributed by atoms with Gasteiger partial charge in [0.15, 0.2) is 15.6 Å². The molecule has 0 aliphatic rings.